The fraction of sp³-hybridized carbons (Fsp3) is 0.500. The fourth-order valence-electron chi connectivity index (χ4n) is 1.44. The maximum atomic E-state index is 5.52. The van der Waals surface area contributed by atoms with Crippen LogP contribution in [-0.2, 0) is 0 Å². The van der Waals surface area contributed by atoms with E-state index >= 15 is 0 Å². The van der Waals surface area contributed by atoms with Crippen LogP contribution in [0.5, 0.6) is 0 Å². The second-order valence-electron chi connectivity index (χ2n) is 3.27. The highest BCUT2D eigenvalue weighted by molar-refractivity contribution is 7.11. The third-order valence-electron chi connectivity index (χ3n) is 2.12. The van der Waals surface area contributed by atoms with E-state index in [2.05, 4.69) is 17.0 Å². The van der Waals surface area contributed by atoms with Crippen LogP contribution in [0.4, 0.5) is 0 Å². The normalized spacial score (nSPS) is 12.8. The number of nitrogens with one attached hydrogen (secondary N) is 1. The van der Waals surface area contributed by atoms with E-state index in [0.717, 1.165) is 23.5 Å². The number of rotatable bonds is 5. The summed E-state index contributed by atoms with van der Waals surface area (Å²) in [5, 5.41) is 1.09. The average molecular weight is 211 g/mol. The summed E-state index contributed by atoms with van der Waals surface area (Å²) >= 11 is 1.71. The second-order valence-corrected chi connectivity index (χ2v) is 4.50. The summed E-state index contributed by atoms with van der Waals surface area (Å²) < 4.78 is 0. The third-order valence-corrected chi connectivity index (χ3v) is 3.30. The molecule has 0 saturated carbocycles. The third kappa shape index (κ3) is 2.64. The monoisotopic (exact) mass is 211 g/mol. The first kappa shape index (κ1) is 11.4. The Morgan fingerprint density at radius 1 is 1.64 bits per heavy atom. The van der Waals surface area contributed by atoms with Crippen molar-refractivity contribution in [2.24, 2.45) is 5.84 Å². The molecule has 0 amide bonds. The zero-order valence-corrected chi connectivity index (χ0v) is 9.53. The molecule has 0 radical (unpaired) electrons. The van der Waals surface area contributed by atoms with Crippen LogP contribution in [0.25, 0.3) is 0 Å². The van der Waals surface area contributed by atoms with Gasteiger partial charge in [-0.15, -0.1) is 17.9 Å². The van der Waals surface area contributed by atoms with Gasteiger partial charge in [-0.1, -0.05) is 6.08 Å². The zero-order chi connectivity index (χ0) is 10.6. The van der Waals surface area contributed by atoms with Crippen molar-refractivity contribution in [2.45, 2.75) is 32.7 Å². The molecule has 0 aromatic carbocycles. The topological polar surface area (TPSA) is 50.9 Å². The number of thiazole rings is 1. The van der Waals surface area contributed by atoms with E-state index in [9.17, 15) is 0 Å². The molecule has 0 aliphatic rings. The highest BCUT2D eigenvalue weighted by Crippen LogP contribution is 2.27. The minimum absolute atomic E-state index is 0.208. The summed E-state index contributed by atoms with van der Waals surface area (Å²) in [6.07, 6.45) is 3.85. The first-order valence-electron chi connectivity index (χ1n) is 4.70. The average Bonchev–Trinajstić information content (AvgIpc) is 2.47. The lowest BCUT2D eigenvalue weighted by atomic mass is 10.1. The van der Waals surface area contributed by atoms with Crippen LogP contribution >= 0.6 is 11.3 Å². The summed E-state index contributed by atoms with van der Waals surface area (Å²) in [5.41, 5.74) is 3.91. The predicted octanol–water partition coefficient (Wildman–Crippen LogP) is 2.23. The van der Waals surface area contributed by atoms with E-state index in [0.29, 0.717) is 0 Å². The highest BCUT2D eigenvalue weighted by Gasteiger charge is 2.14. The van der Waals surface area contributed by atoms with Crippen LogP contribution in [0.2, 0.25) is 0 Å². The van der Waals surface area contributed by atoms with E-state index < -0.39 is 0 Å². The molecular weight excluding hydrogens is 194 g/mol. The Bertz CT molecular complexity index is 306. The van der Waals surface area contributed by atoms with E-state index in [1.165, 1.54) is 4.88 Å². The van der Waals surface area contributed by atoms with Crippen molar-refractivity contribution in [3.05, 3.63) is 28.2 Å². The number of hydrogen-bond donors (Lipinski definition) is 2. The maximum absolute atomic E-state index is 5.52. The summed E-state index contributed by atoms with van der Waals surface area (Å²) in [6.45, 7) is 7.75. The van der Waals surface area contributed by atoms with Crippen LogP contribution in [0.1, 0.15) is 34.5 Å². The van der Waals surface area contributed by atoms with Crippen molar-refractivity contribution >= 4 is 11.3 Å². The maximum Gasteiger partial charge on any atom is 0.0900 e. The minimum atomic E-state index is 0.208. The number of aryl methyl sites for hydroxylation is 2. The van der Waals surface area contributed by atoms with Gasteiger partial charge in [-0.25, -0.2) is 4.98 Å². The van der Waals surface area contributed by atoms with Crippen LogP contribution < -0.4 is 11.3 Å². The lowest BCUT2D eigenvalue weighted by Gasteiger charge is -2.13. The standard InChI is InChI=1S/C10H17N3S/c1-4-5-6-9(13-11)10-7(2)12-8(3)14-10/h4,9,13H,1,5-6,11H2,2-3H3. The van der Waals surface area contributed by atoms with E-state index in [1.54, 1.807) is 11.3 Å². The largest absolute Gasteiger partial charge is 0.271 e. The van der Waals surface area contributed by atoms with Gasteiger partial charge in [-0.05, 0) is 26.7 Å². The van der Waals surface area contributed by atoms with Gasteiger partial charge in [0.15, 0.2) is 0 Å². The molecule has 0 saturated heterocycles. The van der Waals surface area contributed by atoms with Gasteiger partial charge in [0.1, 0.15) is 0 Å². The quantitative estimate of drug-likeness (QED) is 0.446. The Labute approximate surface area is 89.0 Å². The molecule has 1 aromatic rings. The molecule has 0 fully saturated rings. The lowest BCUT2D eigenvalue weighted by molar-refractivity contribution is 0.525. The van der Waals surface area contributed by atoms with Crippen molar-refractivity contribution in [1.29, 1.82) is 0 Å². The van der Waals surface area contributed by atoms with E-state index in [1.807, 2.05) is 19.9 Å². The Balaban J connectivity index is 2.77. The van der Waals surface area contributed by atoms with Crippen LogP contribution in [0, 0.1) is 13.8 Å². The van der Waals surface area contributed by atoms with E-state index in [4.69, 9.17) is 5.84 Å². The smallest absolute Gasteiger partial charge is 0.0900 e. The Morgan fingerprint density at radius 3 is 2.79 bits per heavy atom. The number of allylic oxidation sites excluding steroid dienone is 1. The molecule has 1 aromatic heterocycles. The molecule has 1 rings (SSSR count). The van der Waals surface area contributed by atoms with Gasteiger partial charge in [0.2, 0.25) is 0 Å². The molecule has 3 N–H and O–H groups in total. The predicted molar refractivity (Wildman–Crippen MR) is 61.1 cm³/mol. The first-order valence-corrected chi connectivity index (χ1v) is 5.51. The second kappa shape index (κ2) is 5.24. The molecule has 78 valence electrons. The Morgan fingerprint density at radius 2 is 2.36 bits per heavy atom. The molecule has 14 heavy (non-hydrogen) atoms. The first-order chi connectivity index (χ1) is 6.69. The summed E-state index contributed by atoms with van der Waals surface area (Å²) in [4.78, 5) is 5.63. The van der Waals surface area contributed by atoms with Gasteiger partial charge in [-0.2, -0.15) is 0 Å². The van der Waals surface area contributed by atoms with E-state index in [-0.39, 0.29) is 6.04 Å². The lowest BCUT2D eigenvalue weighted by Crippen LogP contribution is -2.27. The number of hydrogen-bond acceptors (Lipinski definition) is 4. The molecule has 0 aliphatic carbocycles. The van der Waals surface area contributed by atoms with Gasteiger partial charge in [-0.3, -0.25) is 11.3 Å². The fourth-order valence-corrected chi connectivity index (χ4v) is 2.47. The zero-order valence-electron chi connectivity index (χ0n) is 8.71. The highest BCUT2D eigenvalue weighted by atomic mass is 32.1. The number of hydrazine groups is 1. The molecule has 0 aliphatic heterocycles. The molecule has 3 nitrogen and oxygen atoms in total. The SMILES string of the molecule is C=CCCC(NN)c1sc(C)nc1C. The van der Waals surface area contributed by atoms with Gasteiger partial charge in [0, 0.05) is 4.88 Å². The molecule has 4 heteroatoms. The van der Waals surface area contributed by atoms with Crippen LogP contribution in [0.15, 0.2) is 12.7 Å². The number of nitrogens with zero attached hydrogens (tertiary/aromatic N) is 1. The minimum Gasteiger partial charge on any atom is -0.271 e. The van der Waals surface area contributed by atoms with Crippen molar-refractivity contribution in [3.8, 4) is 0 Å². The molecule has 1 heterocycles. The summed E-state index contributed by atoms with van der Waals surface area (Å²) in [5.74, 6) is 5.52. The molecule has 1 atom stereocenters. The molecule has 0 bridgehead atoms. The van der Waals surface area contributed by atoms with Crippen molar-refractivity contribution in [2.75, 3.05) is 0 Å². The molecule has 0 spiro atoms. The van der Waals surface area contributed by atoms with Gasteiger partial charge >= 0.3 is 0 Å². The molecule has 1 unspecified atom stereocenters. The van der Waals surface area contributed by atoms with Crippen LogP contribution in [0.3, 0.4) is 0 Å². The van der Waals surface area contributed by atoms with Crippen LogP contribution in [-0.4, -0.2) is 4.98 Å². The van der Waals surface area contributed by atoms with Gasteiger partial charge < -0.3 is 0 Å². The summed E-state index contributed by atoms with van der Waals surface area (Å²) in [6, 6.07) is 0.208. The van der Waals surface area contributed by atoms with Gasteiger partial charge in [0.05, 0.1) is 16.7 Å². The number of nitrogens with two attached hydrogens (primary N) is 1. The molecular formula is C10H17N3S. The number of aromatic nitrogens is 1. The van der Waals surface area contributed by atoms with Crippen molar-refractivity contribution < 1.29 is 0 Å². The Kier molecular flexibility index (Phi) is 4.25. The van der Waals surface area contributed by atoms with Crippen molar-refractivity contribution in [3.63, 3.8) is 0 Å². The summed E-state index contributed by atoms with van der Waals surface area (Å²) in [7, 11) is 0. The Hall–Kier alpha value is -0.710. The van der Waals surface area contributed by atoms with Gasteiger partial charge in [0.25, 0.3) is 0 Å². The van der Waals surface area contributed by atoms with Crippen molar-refractivity contribution in [1.82, 2.24) is 10.4 Å².